The third-order valence-electron chi connectivity index (χ3n) is 3.22. The molecule has 4 nitrogen and oxygen atoms in total. The molecule has 1 N–H and O–H groups in total. The predicted octanol–water partition coefficient (Wildman–Crippen LogP) is 4.24. The Kier molecular flexibility index (Phi) is 5.58. The van der Waals surface area contributed by atoms with Gasteiger partial charge >= 0.3 is 0 Å². The monoisotopic (exact) mass is 300 g/mol. The molecule has 0 radical (unpaired) electrons. The largest absolute Gasteiger partial charge is 0.245 e. The van der Waals surface area contributed by atoms with E-state index < -0.39 is 0 Å². The molecule has 0 aliphatic heterocycles. The smallest absolute Gasteiger partial charge is 0.243 e. The van der Waals surface area contributed by atoms with Crippen molar-refractivity contribution < 1.29 is 4.39 Å². The van der Waals surface area contributed by atoms with Gasteiger partial charge in [0.25, 0.3) is 0 Å². The summed E-state index contributed by atoms with van der Waals surface area (Å²) in [7, 11) is 0. The minimum Gasteiger partial charge on any atom is -0.245 e. The normalized spacial score (nSPS) is 11.5. The number of aryl methyl sites for hydroxylation is 2. The lowest BCUT2D eigenvalue weighted by atomic mass is 10.1. The molecule has 0 spiro atoms. The average molecular weight is 300 g/mol. The van der Waals surface area contributed by atoms with Gasteiger partial charge in [-0.1, -0.05) is 25.5 Å². The zero-order valence-electron chi connectivity index (χ0n) is 13.2. The number of halogens is 1. The van der Waals surface area contributed by atoms with Gasteiger partial charge in [-0.25, -0.2) is 19.8 Å². The van der Waals surface area contributed by atoms with Crippen LogP contribution < -0.4 is 5.43 Å². The number of hydrazone groups is 1. The molecule has 0 amide bonds. The lowest BCUT2D eigenvalue weighted by Crippen LogP contribution is -2.07. The summed E-state index contributed by atoms with van der Waals surface area (Å²) in [4.78, 5) is 8.61. The Labute approximate surface area is 130 Å². The van der Waals surface area contributed by atoms with E-state index in [9.17, 15) is 4.39 Å². The van der Waals surface area contributed by atoms with Crippen molar-refractivity contribution in [2.24, 2.45) is 5.10 Å². The van der Waals surface area contributed by atoms with E-state index in [0.29, 0.717) is 5.95 Å². The first-order valence-electron chi connectivity index (χ1n) is 7.49. The fraction of sp³-hybridized carbons (Fsp3) is 0.353. The molecule has 2 aromatic rings. The van der Waals surface area contributed by atoms with Crippen molar-refractivity contribution in [3.8, 4) is 0 Å². The van der Waals surface area contributed by atoms with Gasteiger partial charge in [0, 0.05) is 11.4 Å². The van der Waals surface area contributed by atoms with Gasteiger partial charge in [-0.05, 0) is 50.5 Å². The predicted molar refractivity (Wildman–Crippen MR) is 87.6 cm³/mol. The van der Waals surface area contributed by atoms with Crippen molar-refractivity contribution in [3.05, 3.63) is 53.1 Å². The third-order valence-corrected chi connectivity index (χ3v) is 3.22. The summed E-state index contributed by atoms with van der Waals surface area (Å²) in [6.45, 7) is 5.96. The van der Waals surface area contributed by atoms with Gasteiger partial charge in [0.05, 0.1) is 5.71 Å². The van der Waals surface area contributed by atoms with Crippen LogP contribution in [0.2, 0.25) is 0 Å². The van der Waals surface area contributed by atoms with Crippen LogP contribution in [0.5, 0.6) is 0 Å². The van der Waals surface area contributed by atoms with Crippen LogP contribution in [0.4, 0.5) is 10.3 Å². The molecule has 2 rings (SSSR count). The van der Waals surface area contributed by atoms with E-state index >= 15 is 0 Å². The van der Waals surface area contributed by atoms with Gasteiger partial charge in [-0.2, -0.15) is 5.10 Å². The van der Waals surface area contributed by atoms with E-state index in [1.807, 2.05) is 19.9 Å². The van der Waals surface area contributed by atoms with Crippen molar-refractivity contribution in [1.29, 1.82) is 0 Å². The maximum absolute atomic E-state index is 13.1. The van der Waals surface area contributed by atoms with Crippen LogP contribution in [0, 0.1) is 19.7 Å². The Morgan fingerprint density at radius 3 is 2.36 bits per heavy atom. The number of unbranched alkanes of at least 4 members (excludes halogenated alkanes) is 1. The second kappa shape index (κ2) is 7.64. The maximum atomic E-state index is 13.1. The zero-order chi connectivity index (χ0) is 15.9. The highest BCUT2D eigenvalue weighted by Crippen LogP contribution is 2.11. The number of nitrogens with zero attached hydrogens (tertiary/aromatic N) is 3. The third kappa shape index (κ3) is 4.62. The number of benzene rings is 1. The number of hydrogen-bond acceptors (Lipinski definition) is 4. The van der Waals surface area contributed by atoms with Crippen LogP contribution >= 0.6 is 0 Å². The molecule has 1 aromatic heterocycles. The molecule has 0 saturated carbocycles. The molecular formula is C17H21FN4. The SMILES string of the molecule is CCCC/C(=N/Nc1nc(C)cc(C)n1)c1ccc(F)cc1. The first kappa shape index (κ1) is 16.1. The van der Waals surface area contributed by atoms with Gasteiger partial charge in [0.15, 0.2) is 0 Å². The van der Waals surface area contributed by atoms with Crippen LogP contribution in [0.15, 0.2) is 35.4 Å². The molecule has 116 valence electrons. The Bertz CT molecular complexity index is 630. The summed E-state index contributed by atoms with van der Waals surface area (Å²) < 4.78 is 13.1. The Morgan fingerprint density at radius 2 is 1.77 bits per heavy atom. The van der Waals surface area contributed by atoms with Crippen LogP contribution in [0.1, 0.15) is 43.1 Å². The van der Waals surface area contributed by atoms with Crippen molar-refractivity contribution in [1.82, 2.24) is 9.97 Å². The average Bonchev–Trinajstić information content (AvgIpc) is 2.48. The minimum atomic E-state index is -0.246. The number of aromatic nitrogens is 2. The van der Waals surface area contributed by atoms with Crippen molar-refractivity contribution in [2.75, 3.05) is 5.43 Å². The molecule has 1 aromatic carbocycles. The molecule has 0 saturated heterocycles. The van der Waals surface area contributed by atoms with Gasteiger partial charge in [-0.3, -0.25) is 0 Å². The Hall–Kier alpha value is -2.30. The van der Waals surface area contributed by atoms with Crippen LogP contribution in [-0.4, -0.2) is 15.7 Å². The van der Waals surface area contributed by atoms with E-state index in [-0.39, 0.29) is 5.82 Å². The fourth-order valence-electron chi connectivity index (χ4n) is 2.14. The molecule has 0 fully saturated rings. The number of nitrogens with one attached hydrogen (secondary N) is 1. The van der Waals surface area contributed by atoms with Crippen molar-refractivity contribution >= 4 is 11.7 Å². The van der Waals surface area contributed by atoms with Crippen molar-refractivity contribution in [2.45, 2.75) is 40.0 Å². The molecule has 0 aliphatic carbocycles. The van der Waals surface area contributed by atoms with Gasteiger partial charge < -0.3 is 0 Å². The molecule has 0 aliphatic rings. The number of rotatable bonds is 6. The molecule has 0 atom stereocenters. The molecule has 0 bridgehead atoms. The maximum Gasteiger partial charge on any atom is 0.243 e. The van der Waals surface area contributed by atoms with Gasteiger partial charge in [0.1, 0.15) is 5.82 Å². The highest BCUT2D eigenvalue weighted by molar-refractivity contribution is 6.00. The summed E-state index contributed by atoms with van der Waals surface area (Å²) in [6.07, 6.45) is 2.91. The summed E-state index contributed by atoms with van der Waals surface area (Å²) >= 11 is 0. The Balaban J connectivity index is 2.22. The van der Waals surface area contributed by atoms with Crippen molar-refractivity contribution in [3.63, 3.8) is 0 Å². The fourth-order valence-corrected chi connectivity index (χ4v) is 2.14. The van der Waals surface area contributed by atoms with E-state index in [0.717, 1.165) is 41.9 Å². The zero-order valence-corrected chi connectivity index (χ0v) is 13.2. The number of hydrogen-bond donors (Lipinski definition) is 1. The van der Waals surface area contributed by atoms with Gasteiger partial charge in [0.2, 0.25) is 5.95 Å². The highest BCUT2D eigenvalue weighted by atomic mass is 19.1. The molecular weight excluding hydrogens is 279 g/mol. The van der Waals surface area contributed by atoms with E-state index in [1.165, 1.54) is 12.1 Å². The first-order chi connectivity index (χ1) is 10.6. The van der Waals surface area contributed by atoms with E-state index in [2.05, 4.69) is 27.4 Å². The van der Waals surface area contributed by atoms with Crippen LogP contribution in [0.3, 0.4) is 0 Å². The second-order valence-corrected chi connectivity index (χ2v) is 5.26. The molecule has 5 heteroatoms. The molecule has 1 heterocycles. The van der Waals surface area contributed by atoms with Crippen LogP contribution in [0.25, 0.3) is 0 Å². The first-order valence-corrected chi connectivity index (χ1v) is 7.49. The molecule has 22 heavy (non-hydrogen) atoms. The topological polar surface area (TPSA) is 50.2 Å². The summed E-state index contributed by atoms with van der Waals surface area (Å²) in [5.41, 5.74) is 6.49. The lowest BCUT2D eigenvalue weighted by molar-refractivity contribution is 0.627. The summed E-state index contributed by atoms with van der Waals surface area (Å²) in [5.74, 6) is 0.234. The van der Waals surface area contributed by atoms with Gasteiger partial charge in [-0.15, -0.1) is 0 Å². The van der Waals surface area contributed by atoms with Crippen LogP contribution in [-0.2, 0) is 0 Å². The van der Waals surface area contributed by atoms with E-state index in [4.69, 9.17) is 0 Å². The summed E-state index contributed by atoms with van der Waals surface area (Å²) in [6, 6.07) is 8.29. The van der Waals surface area contributed by atoms with E-state index in [1.54, 1.807) is 12.1 Å². The standard InChI is InChI=1S/C17H21FN4/c1-4-5-6-16(14-7-9-15(18)10-8-14)21-22-17-19-12(2)11-13(3)20-17/h7-11H,4-6H2,1-3H3,(H,19,20,22)/b21-16-. The lowest BCUT2D eigenvalue weighted by Gasteiger charge is -2.08. The second-order valence-electron chi connectivity index (χ2n) is 5.26. The quantitative estimate of drug-likeness (QED) is 0.641. The minimum absolute atomic E-state index is 0.246. The number of anilines is 1. The summed E-state index contributed by atoms with van der Waals surface area (Å²) in [5, 5.41) is 4.43. The Morgan fingerprint density at radius 1 is 1.14 bits per heavy atom. The molecule has 0 unspecified atom stereocenters. The highest BCUT2D eigenvalue weighted by Gasteiger charge is 2.05.